The van der Waals surface area contributed by atoms with Gasteiger partial charge in [0, 0.05) is 12.0 Å². The van der Waals surface area contributed by atoms with Crippen LogP contribution in [0.25, 0.3) is 0 Å². The predicted octanol–water partition coefficient (Wildman–Crippen LogP) is 1.67. The van der Waals surface area contributed by atoms with Gasteiger partial charge in [-0.05, 0) is 44.9 Å². The van der Waals surface area contributed by atoms with E-state index in [4.69, 9.17) is 4.42 Å². The van der Waals surface area contributed by atoms with Crippen molar-refractivity contribution >= 4 is 0 Å². The molecule has 0 radical (unpaired) electrons. The van der Waals surface area contributed by atoms with E-state index < -0.39 is 0 Å². The number of furan rings is 1. The smallest absolute Gasteiger partial charge is 0.111 e. The fraction of sp³-hybridized carbons (Fsp3) is 0.667. The number of nitrogens with one attached hydrogen (secondary N) is 1. The molecule has 0 aromatic carbocycles. The summed E-state index contributed by atoms with van der Waals surface area (Å²) >= 11 is 0. The standard InChI is InChI=1S/C12H19NO2/c1-13-9-12(11-3-2-8-15-11)6-4-10(14)5-7-12/h2-3,8,10,13-14H,4-7,9H2,1H3. The maximum Gasteiger partial charge on any atom is 0.111 e. The van der Waals surface area contributed by atoms with E-state index in [1.54, 1.807) is 6.26 Å². The lowest BCUT2D eigenvalue weighted by atomic mass is 9.71. The molecule has 2 rings (SSSR count). The minimum Gasteiger partial charge on any atom is -0.469 e. The van der Waals surface area contributed by atoms with Crippen LogP contribution >= 0.6 is 0 Å². The van der Waals surface area contributed by atoms with E-state index in [0.29, 0.717) is 0 Å². The highest BCUT2D eigenvalue weighted by molar-refractivity contribution is 5.16. The van der Waals surface area contributed by atoms with Gasteiger partial charge >= 0.3 is 0 Å². The van der Waals surface area contributed by atoms with Gasteiger partial charge in [-0.2, -0.15) is 0 Å². The largest absolute Gasteiger partial charge is 0.469 e. The van der Waals surface area contributed by atoms with Crippen molar-refractivity contribution < 1.29 is 9.52 Å². The van der Waals surface area contributed by atoms with Crippen LogP contribution in [-0.2, 0) is 5.41 Å². The van der Waals surface area contributed by atoms with Gasteiger partial charge < -0.3 is 14.8 Å². The van der Waals surface area contributed by atoms with Crippen LogP contribution in [0.5, 0.6) is 0 Å². The molecule has 0 atom stereocenters. The second-order valence-corrected chi connectivity index (χ2v) is 4.52. The van der Waals surface area contributed by atoms with Crippen LogP contribution in [0.15, 0.2) is 22.8 Å². The van der Waals surface area contributed by atoms with E-state index in [1.807, 2.05) is 13.1 Å². The third-order valence-corrected chi connectivity index (χ3v) is 3.47. The van der Waals surface area contributed by atoms with Gasteiger partial charge in [-0.1, -0.05) is 0 Å². The molecule has 15 heavy (non-hydrogen) atoms. The van der Waals surface area contributed by atoms with Gasteiger partial charge in [-0.3, -0.25) is 0 Å². The van der Waals surface area contributed by atoms with Crippen molar-refractivity contribution in [1.82, 2.24) is 5.32 Å². The van der Waals surface area contributed by atoms with Crippen LogP contribution in [0.3, 0.4) is 0 Å². The van der Waals surface area contributed by atoms with Gasteiger partial charge in [-0.15, -0.1) is 0 Å². The third kappa shape index (κ3) is 2.08. The first-order valence-corrected chi connectivity index (χ1v) is 5.63. The average Bonchev–Trinajstić information content (AvgIpc) is 2.76. The van der Waals surface area contributed by atoms with Gasteiger partial charge in [0.25, 0.3) is 0 Å². The number of rotatable bonds is 3. The van der Waals surface area contributed by atoms with E-state index in [0.717, 1.165) is 38.0 Å². The molecule has 1 heterocycles. The molecule has 3 heteroatoms. The maximum absolute atomic E-state index is 9.56. The molecule has 1 aliphatic rings. The van der Waals surface area contributed by atoms with Crippen molar-refractivity contribution in [3.05, 3.63) is 24.2 Å². The molecule has 84 valence electrons. The fourth-order valence-electron chi connectivity index (χ4n) is 2.58. The Morgan fingerprint density at radius 1 is 1.53 bits per heavy atom. The zero-order valence-electron chi connectivity index (χ0n) is 9.20. The van der Waals surface area contributed by atoms with E-state index in [2.05, 4.69) is 11.4 Å². The Morgan fingerprint density at radius 3 is 2.80 bits per heavy atom. The molecule has 0 saturated heterocycles. The van der Waals surface area contributed by atoms with Crippen LogP contribution in [0.4, 0.5) is 0 Å². The van der Waals surface area contributed by atoms with Gasteiger partial charge in [0.15, 0.2) is 0 Å². The van der Waals surface area contributed by atoms with Crippen molar-refractivity contribution in [1.29, 1.82) is 0 Å². The quantitative estimate of drug-likeness (QED) is 0.796. The molecule has 1 fully saturated rings. The lowest BCUT2D eigenvalue weighted by Gasteiger charge is -2.37. The molecule has 0 spiro atoms. The summed E-state index contributed by atoms with van der Waals surface area (Å²) in [5.41, 5.74) is 0.0947. The normalized spacial score (nSPS) is 31.7. The third-order valence-electron chi connectivity index (χ3n) is 3.47. The van der Waals surface area contributed by atoms with Crippen LogP contribution in [0.2, 0.25) is 0 Å². The second-order valence-electron chi connectivity index (χ2n) is 4.52. The molecule has 2 N–H and O–H groups in total. The van der Waals surface area contributed by atoms with Crippen molar-refractivity contribution in [3.8, 4) is 0 Å². The molecule has 1 aromatic heterocycles. The van der Waals surface area contributed by atoms with Crippen LogP contribution in [-0.4, -0.2) is 24.8 Å². The first kappa shape index (κ1) is 10.7. The highest BCUT2D eigenvalue weighted by atomic mass is 16.3. The minimum atomic E-state index is -0.120. The Balaban J connectivity index is 2.18. The topological polar surface area (TPSA) is 45.4 Å². The Bertz CT molecular complexity index is 287. The number of hydrogen-bond acceptors (Lipinski definition) is 3. The SMILES string of the molecule is CNCC1(c2ccco2)CCC(O)CC1. The van der Waals surface area contributed by atoms with Crippen molar-refractivity contribution in [2.45, 2.75) is 37.2 Å². The number of aliphatic hydroxyl groups excluding tert-OH is 1. The van der Waals surface area contributed by atoms with Crippen LogP contribution < -0.4 is 5.32 Å². The summed E-state index contributed by atoms with van der Waals surface area (Å²) in [5.74, 6) is 1.06. The number of hydrogen-bond donors (Lipinski definition) is 2. The van der Waals surface area contributed by atoms with E-state index in [-0.39, 0.29) is 11.5 Å². The predicted molar refractivity (Wildman–Crippen MR) is 58.8 cm³/mol. The molecular weight excluding hydrogens is 190 g/mol. The van der Waals surface area contributed by atoms with Crippen molar-refractivity contribution in [2.24, 2.45) is 0 Å². The Labute approximate surface area is 90.5 Å². The van der Waals surface area contributed by atoms with Gasteiger partial charge in [0.1, 0.15) is 5.76 Å². The minimum absolute atomic E-state index is 0.0947. The molecule has 0 unspecified atom stereocenters. The number of likely N-dealkylation sites (N-methyl/N-ethyl adjacent to an activating group) is 1. The summed E-state index contributed by atoms with van der Waals surface area (Å²) in [7, 11) is 1.97. The summed E-state index contributed by atoms with van der Waals surface area (Å²) in [5, 5.41) is 12.8. The summed E-state index contributed by atoms with van der Waals surface area (Å²) in [6.45, 7) is 0.924. The highest BCUT2D eigenvalue weighted by Gasteiger charge is 2.38. The molecule has 1 aliphatic carbocycles. The zero-order valence-corrected chi connectivity index (χ0v) is 9.20. The first-order chi connectivity index (χ1) is 7.27. The summed E-state index contributed by atoms with van der Waals surface area (Å²) < 4.78 is 5.54. The van der Waals surface area contributed by atoms with Gasteiger partial charge in [0.05, 0.1) is 12.4 Å². The summed E-state index contributed by atoms with van der Waals surface area (Å²) in [4.78, 5) is 0. The molecule has 1 aromatic rings. The van der Waals surface area contributed by atoms with Gasteiger partial charge in [0.2, 0.25) is 0 Å². The monoisotopic (exact) mass is 209 g/mol. The Hall–Kier alpha value is -0.800. The number of aliphatic hydroxyl groups is 1. The lowest BCUT2D eigenvalue weighted by molar-refractivity contribution is 0.0875. The second kappa shape index (κ2) is 4.37. The summed E-state index contributed by atoms with van der Waals surface area (Å²) in [6.07, 6.45) is 5.37. The van der Waals surface area contributed by atoms with Crippen LogP contribution in [0, 0.1) is 0 Å². The van der Waals surface area contributed by atoms with Crippen molar-refractivity contribution in [3.63, 3.8) is 0 Å². The Kier molecular flexibility index (Phi) is 3.12. The molecule has 1 saturated carbocycles. The molecule has 0 bridgehead atoms. The molecule has 3 nitrogen and oxygen atoms in total. The average molecular weight is 209 g/mol. The van der Waals surface area contributed by atoms with E-state index >= 15 is 0 Å². The zero-order chi connectivity index (χ0) is 10.7. The van der Waals surface area contributed by atoms with Crippen LogP contribution in [0.1, 0.15) is 31.4 Å². The van der Waals surface area contributed by atoms with Crippen molar-refractivity contribution in [2.75, 3.05) is 13.6 Å². The van der Waals surface area contributed by atoms with Gasteiger partial charge in [-0.25, -0.2) is 0 Å². The summed E-state index contributed by atoms with van der Waals surface area (Å²) in [6, 6.07) is 3.99. The van der Waals surface area contributed by atoms with E-state index in [9.17, 15) is 5.11 Å². The molecular formula is C12H19NO2. The Morgan fingerprint density at radius 2 is 2.27 bits per heavy atom. The maximum atomic E-state index is 9.56. The molecule has 0 aliphatic heterocycles. The first-order valence-electron chi connectivity index (χ1n) is 5.63. The fourth-order valence-corrected chi connectivity index (χ4v) is 2.58. The van der Waals surface area contributed by atoms with E-state index in [1.165, 1.54) is 0 Å². The lowest BCUT2D eigenvalue weighted by Crippen LogP contribution is -2.41. The molecule has 0 amide bonds. The highest BCUT2D eigenvalue weighted by Crippen LogP contribution is 2.39.